The van der Waals surface area contributed by atoms with E-state index in [2.05, 4.69) is 36.6 Å². The lowest BCUT2D eigenvalue weighted by molar-refractivity contribution is 0.585. The van der Waals surface area contributed by atoms with Gasteiger partial charge < -0.3 is 5.73 Å². The van der Waals surface area contributed by atoms with Crippen molar-refractivity contribution in [1.29, 1.82) is 0 Å². The summed E-state index contributed by atoms with van der Waals surface area (Å²) in [6, 6.07) is 3.20. The van der Waals surface area contributed by atoms with Gasteiger partial charge in [0.1, 0.15) is 4.90 Å². The smallest absolute Gasteiger partial charge is 0.244 e. The van der Waals surface area contributed by atoms with Crippen LogP contribution in [0.1, 0.15) is 13.8 Å². The largest absolute Gasteiger partial charge is 0.398 e. The summed E-state index contributed by atoms with van der Waals surface area (Å²) in [4.78, 5) is 0.0628. The molecule has 0 atom stereocenters. The SMILES string of the molecule is CC(C)=CCNS(=O)(=O)c1c(N)cc(Br)cc1Br. The van der Waals surface area contributed by atoms with Crippen molar-refractivity contribution in [2.45, 2.75) is 18.7 Å². The summed E-state index contributed by atoms with van der Waals surface area (Å²) in [7, 11) is -3.62. The van der Waals surface area contributed by atoms with Crippen molar-refractivity contribution in [3.63, 3.8) is 0 Å². The molecular weight excluding hydrogens is 384 g/mol. The summed E-state index contributed by atoms with van der Waals surface area (Å²) in [5, 5.41) is 0. The Hall–Kier alpha value is -0.370. The van der Waals surface area contributed by atoms with E-state index in [0.29, 0.717) is 4.47 Å². The Kier molecular flexibility index (Phi) is 5.39. The molecule has 3 N–H and O–H groups in total. The maximum absolute atomic E-state index is 12.1. The van der Waals surface area contributed by atoms with Gasteiger partial charge in [-0.05, 0) is 41.9 Å². The Morgan fingerprint density at radius 2 is 2.00 bits per heavy atom. The molecule has 0 saturated carbocycles. The Labute approximate surface area is 124 Å². The zero-order valence-electron chi connectivity index (χ0n) is 10.00. The second kappa shape index (κ2) is 6.18. The number of allylic oxidation sites excluding steroid dienone is 1. The van der Waals surface area contributed by atoms with E-state index in [1.807, 2.05) is 13.8 Å². The van der Waals surface area contributed by atoms with Crippen LogP contribution in [0.15, 0.2) is 37.6 Å². The number of sulfonamides is 1. The molecule has 0 heterocycles. The van der Waals surface area contributed by atoms with E-state index in [9.17, 15) is 8.42 Å². The molecule has 1 aromatic rings. The maximum Gasteiger partial charge on any atom is 0.244 e. The second-order valence-electron chi connectivity index (χ2n) is 3.94. The second-order valence-corrected chi connectivity index (χ2v) is 7.41. The Morgan fingerprint density at radius 1 is 1.39 bits per heavy atom. The molecule has 0 amide bonds. The van der Waals surface area contributed by atoms with Crippen molar-refractivity contribution in [2.24, 2.45) is 0 Å². The molecule has 0 unspecified atom stereocenters. The van der Waals surface area contributed by atoms with Crippen molar-refractivity contribution in [3.8, 4) is 0 Å². The highest BCUT2D eigenvalue weighted by Crippen LogP contribution is 2.31. The number of anilines is 1. The quantitative estimate of drug-likeness (QED) is 0.605. The number of nitrogens with two attached hydrogens (primary N) is 1. The highest BCUT2D eigenvalue weighted by atomic mass is 79.9. The third-order valence-electron chi connectivity index (χ3n) is 2.09. The number of rotatable bonds is 4. The van der Waals surface area contributed by atoms with E-state index in [4.69, 9.17) is 5.73 Å². The molecule has 4 nitrogen and oxygen atoms in total. The summed E-state index contributed by atoms with van der Waals surface area (Å²) in [6.45, 7) is 4.04. The van der Waals surface area contributed by atoms with Crippen LogP contribution >= 0.6 is 31.9 Å². The van der Waals surface area contributed by atoms with Gasteiger partial charge in [0.25, 0.3) is 0 Å². The molecule has 0 aliphatic rings. The highest BCUT2D eigenvalue weighted by Gasteiger charge is 2.20. The first kappa shape index (κ1) is 15.7. The zero-order valence-corrected chi connectivity index (χ0v) is 14.0. The Balaban J connectivity index is 3.10. The summed E-state index contributed by atoms with van der Waals surface area (Å²) in [6.07, 6.45) is 1.79. The van der Waals surface area contributed by atoms with Crippen LogP contribution in [0.4, 0.5) is 5.69 Å². The number of nitrogens with one attached hydrogen (secondary N) is 1. The minimum Gasteiger partial charge on any atom is -0.398 e. The molecule has 0 saturated heterocycles. The molecule has 1 aromatic carbocycles. The summed E-state index contributed by atoms with van der Waals surface area (Å²) in [5.74, 6) is 0. The molecule has 0 bridgehead atoms. The van der Waals surface area contributed by atoms with Gasteiger partial charge in [0.05, 0.1) is 5.69 Å². The predicted octanol–water partition coefficient (Wildman–Crippen LogP) is 3.04. The third-order valence-corrected chi connectivity index (χ3v) is 4.97. The van der Waals surface area contributed by atoms with Gasteiger partial charge in [-0.2, -0.15) is 0 Å². The molecule has 1 rings (SSSR count). The van der Waals surface area contributed by atoms with Gasteiger partial charge in [0.15, 0.2) is 0 Å². The first-order chi connectivity index (χ1) is 8.24. The lowest BCUT2D eigenvalue weighted by atomic mass is 10.3. The fraction of sp³-hybridized carbons (Fsp3) is 0.273. The van der Waals surface area contributed by atoms with Gasteiger partial charge in [0.2, 0.25) is 10.0 Å². The van der Waals surface area contributed by atoms with E-state index in [-0.39, 0.29) is 17.1 Å². The number of hydrogen-bond acceptors (Lipinski definition) is 3. The van der Waals surface area contributed by atoms with Gasteiger partial charge in [-0.15, -0.1) is 0 Å². The molecule has 0 fully saturated rings. The van der Waals surface area contributed by atoms with Crippen LogP contribution in [0.3, 0.4) is 0 Å². The van der Waals surface area contributed by atoms with Crippen molar-refractivity contribution >= 4 is 47.6 Å². The lowest BCUT2D eigenvalue weighted by Crippen LogP contribution is -2.25. The highest BCUT2D eigenvalue weighted by molar-refractivity contribution is 9.11. The summed E-state index contributed by atoms with van der Waals surface area (Å²) >= 11 is 6.46. The monoisotopic (exact) mass is 396 g/mol. The predicted molar refractivity (Wildman–Crippen MR) is 80.9 cm³/mol. The van der Waals surface area contributed by atoms with Crippen molar-refractivity contribution in [3.05, 3.63) is 32.7 Å². The number of benzene rings is 1. The Morgan fingerprint density at radius 3 is 2.50 bits per heavy atom. The lowest BCUT2D eigenvalue weighted by Gasteiger charge is -2.10. The van der Waals surface area contributed by atoms with Crippen molar-refractivity contribution in [1.82, 2.24) is 4.72 Å². The van der Waals surface area contributed by atoms with Gasteiger partial charge in [-0.3, -0.25) is 0 Å². The molecule has 7 heteroatoms. The van der Waals surface area contributed by atoms with Crippen molar-refractivity contribution in [2.75, 3.05) is 12.3 Å². The maximum atomic E-state index is 12.1. The summed E-state index contributed by atoms with van der Waals surface area (Å²) in [5.41, 5.74) is 6.98. The van der Waals surface area contributed by atoms with E-state index in [1.165, 1.54) is 0 Å². The minimum absolute atomic E-state index is 0.0628. The minimum atomic E-state index is -3.62. The van der Waals surface area contributed by atoms with E-state index < -0.39 is 10.0 Å². The Bertz CT molecular complexity index is 556. The normalized spacial score (nSPS) is 11.3. The molecule has 0 aromatic heterocycles. The molecule has 0 radical (unpaired) electrons. The molecule has 18 heavy (non-hydrogen) atoms. The standard InChI is InChI=1S/C11H14Br2N2O2S/c1-7(2)3-4-15-18(16,17)11-9(13)5-8(12)6-10(11)14/h3,5-6,15H,4,14H2,1-2H3. The van der Waals surface area contributed by atoms with Crippen LogP contribution in [0.25, 0.3) is 0 Å². The molecule has 0 aliphatic heterocycles. The fourth-order valence-corrected chi connectivity index (χ4v) is 4.32. The molecular formula is C11H14Br2N2O2S. The van der Waals surface area contributed by atoms with Crippen molar-refractivity contribution < 1.29 is 8.42 Å². The average molecular weight is 398 g/mol. The van der Waals surface area contributed by atoms with E-state index in [1.54, 1.807) is 18.2 Å². The van der Waals surface area contributed by atoms with Crippen LogP contribution in [0.5, 0.6) is 0 Å². The molecule has 0 spiro atoms. The van der Waals surface area contributed by atoms with Crippen LogP contribution < -0.4 is 10.5 Å². The third kappa shape index (κ3) is 4.08. The van der Waals surface area contributed by atoms with Crippen LogP contribution in [-0.4, -0.2) is 15.0 Å². The number of halogens is 2. The zero-order chi connectivity index (χ0) is 13.9. The first-order valence-corrected chi connectivity index (χ1v) is 8.18. The van der Waals surface area contributed by atoms with Crippen LogP contribution in [0, 0.1) is 0 Å². The van der Waals surface area contributed by atoms with E-state index >= 15 is 0 Å². The molecule has 0 aliphatic carbocycles. The number of hydrogen-bond donors (Lipinski definition) is 2. The van der Waals surface area contributed by atoms with Gasteiger partial charge >= 0.3 is 0 Å². The van der Waals surface area contributed by atoms with Gasteiger partial charge in [-0.1, -0.05) is 27.6 Å². The van der Waals surface area contributed by atoms with Gasteiger partial charge in [0, 0.05) is 15.5 Å². The van der Waals surface area contributed by atoms with Crippen LogP contribution in [-0.2, 0) is 10.0 Å². The first-order valence-electron chi connectivity index (χ1n) is 5.11. The average Bonchev–Trinajstić information content (AvgIpc) is 2.13. The number of nitrogen functional groups attached to an aromatic ring is 1. The summed E-state index contributed by atoms with van der Waals surface area (Å²) < 4.78 is 27.8. The van der Waals surface area contributed by atoms with E-state index in [0.717, 1.165) is 10.0 Å². The van der Waals surface area contributed by atoms with Crippen LogP contribution in [0.2, 0.25) is 0 Å². The molecule has 100 valence electrons. The fourth-order valence-electron chi connectivity index (χ4n) is 1.29. The van der Waals surface area contributed by atoms with Gasteiger partial charge in [-0.25, -0.2) is 13.1 Å². The topological polar surface area (TPSA) is 72.2 Å².